The van der Waals surface area contributed by atoms with Crippen LogP contribution >= 0.6 is 0 Å². The Hall–Kier alpha value is -2.62. The fraction of sp³-hybridized carbons (Fsp3) is 0.941. The summed E-state index contributed by atoms with van der Waals surface area (Å²) in [7, 11) is 0. The molecule has 22 nitrogen and oxygen atoms in total. The molecule has 0 aromatic carbocycles. The average molecular weight is 1790 g/mol. The van der Waals surface area contributed by atoms with E-state index in [0.29, 0.717) is 121 Å². The van der Waals surface area contributed by atoms with Gasteiger partial charge in [0.15, 0.2) is 34.7 Å². The first-order chi connectivity index (χ1) is 55.4. The van der Waals surface area contributed by atoms with Crippen LogP contribution in [0.3, 0.4) is 0 Å². The van der Waals surface area contributed by atoms with Crippen molar-refractivity contribution in [3.8, 4) is 0 Å². The zero-order valence-corrected chi connectivity index (χ0v) is 82.0. The van der Waals surface area contributed by atoms with Crippen LogP contribution in [0, 0.1) is 76.4 Å². The molecule has 756 valence electrons. The molecule has 1 N–H and O–H groups in total. The van der Waals surface area contributed by atoms with Gasteiger partial charge in [-0.25, -0.2) is 0 Å². The van der Waals surface area contributed by atoms with Crippen LogP contribution in [0.5, 0.6) is 0 Å². The Morgan fingerprint density at radius 3 is 0.742 bits per heavy atom. The summed E-state index contributed by atoms with van der Waals surface area (Å²) in [5, 5.41) is 9.71. The molecule has 0 saturated carbocycles. The predicted octanol–water partition coefficient (Wildman–Crippen LogP) is 23.5. The minimum absolute atomic E-state index is 0. The number of hydrogen-bond donors (Lipinski definition) is 1. The van der Waals surface area contributed by atoms with Crippen LogP contribution in [-0.2, 0) is 99.8 Å². The molecule has 124 heavy (non-hydrogen) atoms. The third kappa shape index (κ3) is 119. The number of carbonyl (C=O) groups is 6. The van der Waals surface area contributed by atoms with E-state index < -0.39 is 0 Å². The highest BCUT2D eigenvalue weighted by molar-refractivity contribution is 5.83. The minimum atomic E-state index is -0.252. The van der Waals surface area contributed by atoms with Gasteiger partial charge in [-0.2, -0.15) is 0 Å². The van der Waals surface area contributed by atoms with Crippen molar-refractivity contribution in [3.05, 3.63) is 0 Å². The Labute approximate surface area is 769 Å². The third-order valence-electron chi connectivity index (χ3n) is 18.9. The maximum Gasteiger partial charge on any atom is 0.160 e. The average Bonchev–Trinajstić information content (AvgIpc) is 0.931. The van der Waals surface area contributed by atoms with Gasteiger partial charge in [0.2, 0.25) is 0 Å². The molecule has 22 heteroatoms. The second-order valence-corrected chi connectivity index (χ2v) is 36.5. The lowest BCUT2D eigenvalue weighted by molar-refractivity contribution is -0.128. The SMILES string of the molecule is C.C.C.C.C.C.CC(C)CCC(C)(C)CCOCCCOCC(=O)C(C)C.CC(C)CCC(O)CCOCCCOCC(=O)C(C)C.CC(C)CCCCCOCCCOCC(=O)C(C)C.CC(C)CCOCCOCCOCC(=O)C(C)C.CC(C)CCO[C@@H](C)[C@H](C)OCCOCC(=O)C(C)C.CC(C)CCO[C@H](C)[C@@H](C)OCCOCC(=O)C(C)C. The van der Waals surface area contributed by atoms with Gasteiger partial charge in [-0.1, -0.05) is 250 Å². The Kier molecular flexibility index (Phi) is 122. The van der Waals surface area contributed by atoms with Crippen molar-refractivity contribution in [2.75, 3.05) is 172 Å². The molecule has 0 rings (SSSR count). The van der Waals surface area contributed by atoms with Crippen molar-refractivity contribution < 1.29 is 105 Å². The molecule has 0 aliphatic rings. The number of ketones is 6. The highest BCUT2D eigenvalue weighted by Crippen LogP contribution is 2.28. The molecule has 0 amide bonds. The molecular weight excluding hydrogens is 1580 g/mol. The largest absolute Gasteiger partial charge is 0.393 e. The van der Waals surface area contributed by atoms with Gasteiger partial charge in [-0.3, -0.25) is 28.8 Å². The lowest BCUT2D eigenvalue weighted by Crippen LogP contribution is -2.28. The van der Waals surface area contributed by atoms with E-state index in [1.165, 1.54) is 32.1 Å². The number of aliphatic hydroxyl groups excluding tert-OH is 1. The van der Waals surface area contributed by atoms with Gasteiger partial charge >= 0.3 is 0 Å². The predicted molar refractivity (Wildman–Crippen MR) is 523 cm³/mol. The van der Waals surface area contributed by atoms with E-state index in [4.69, 9.17) is 71.1 Å². The van der Waals surface area contributed by atoms with Crippen molar-refractivity contribution in [2.45, 2.75) is 386 Å². The van der Waals surface area contributed by atoms with Crippen LogP contribution in [0.2, 0.25) is 0 Å². The summed E-state index contributed by atoms with van der Waals surface area (Å²) in [6.07, 6.45) is 17.0. The van der Waals surface area contributed by atoms with Gasteiger partial charge < -0.3 is 76.2 Å². The first-order valence-electron chi connectivity index (χ1n) is 46.1. The Morgan fingerprint density at radius 1 is 0.210 bits per heavy atom. The minimum Gasteiger partial charge on any atom is -0.393 e. The zero-order valence-electron chi connectivity index (χ0n) is 82.0. The van der Waals surface area contributed by atoms with Crippen molar-refractivity contribution in [1.82, 2.24) is 0 Å². The summed E-state index contributed by atoms with van der Waals surface area (Å²) in [6, 6.07) is 0. The highest BCUT2D eigenvalue weighted by atomic mass is 16.6. The van der Waals surface area contributed by atoms with Crippen LogP contribution < -0.4 is 0 Å². The van der Waals surface area contributed by atoms with Gasteiger partial charge in [0.05, 0.1) is 83.4 Å². The number of aliphatic hydroxyl groups is 1. The van der Waals surface area contributed by atoms with E-state index in [9.17, 15) is 33.9 Å². The van der Waals surface area contributed by atoms with Crippen LogP contribution in [0.15, 0.2) is 0 Å². The molecule has 0 fully saturated rings. The molecule has 5 atom stereocenters. The van der Waals surface area contributed by atoms with Gasteiger partial charge in [0.1, 0.15) is 39.6 Å². The van der Waals surface area contributed by atoms with Crippen molar-refractivity contribution in [2.24, 2.45) is 76.4 Å². The van der Waals surface area contributed by atoms with Crippen molar-refractivity contribution in [3.63, 3.8) is 0 Å². The number of carbonyl (C=O) groups excluding carboxylic acids is 6. The molecule has 0 spiro atoms. The summed E-state index contributed by atoms with van der Waals surface area (Å²) in [5.41, 5.74) is 0.366. The van der Waals surface area contributed by atoms with E-state index in [1.54, 1.807) is 0 Å². The molecule has 0 radical (unpaired) electrons. The summed E-state index contributed by atoms with van der Waals surface area (Å²) in [5.74, 6) is 5.36. The van der Waals surface area contributed by atoms with Crippen LogP contribution in [0.1, 0.15) is 355 Å². The molecule has 0 heterocycles. The quantitative estimate of drug-likeness (QED) is 0.0555. The lowest BCUT2D eigenvalue weighted by Gasteiger charge is -2.25. The molecule has 0 aliphatic heterocycles. The Bertz CT molecular complexity index is 2150. The standard InChI is InChI=1S/C18H36O3.3C16H32O4.C16H32O3.C14H28O4.6CH4/c1-15(2)8-9-18(5,6)10-13-20-11-7-12-21-14-17(19)16(3)4;2*1-12(2)7-8-19-14(5)15(6)20-10-9-18-11-16(17)13(3)4;1-13(2)6-7-15(17)8-11-19-9-5-10-20-12-16(18)14(3)4;1-14(2)9-6-5-7-10-18-11-8-12-19-13-16(17)15(3)4;1-12(2)5-6-16-7-8-17-9-10-18-11-14(15)13(3)4;;;;;;/h15-16H,7-14H2,1-6H3;2*12-15H,7-11H2,1-6H3;13-15,17H,5-12H2,1-4H3;14-15H,5-13H2,1-4H3;12-13H,5-11H2,1-4H3;6*1H4/t;2*14-,15-;;;;;;;;;/m.10........./s1. The van der Waals surface area contributed by atoms with Crippen molar-refractivity contribution in [1.29, 1.82) is 0 Å². The van der Waals surface area contributed by atoms with Gasteiger partial charge in [0.25, 0.3) is 0 Å². The van der Waals surface area contributed by atoms with Gasteiger partial charge in [-0.15, -0.1) is 0 Å². The van der Waals surface area contributed by atoms with Crippen molar-refractivity contribution >= 4 is 34.7 Å². The normalized spacial score (nSPS) is 12.4. The molecule has 0 aromatic rings. The van der Waals surface area contributed by atoms with E-state index in [0.717, 1.165) is 122 Å². The summed E-state index contributed by atoms with van der Waals surface area (Å²) in [6.45, 7) is 75.5. The summed E-state index contributed by atoms with van der Waals surface area (Å²) >= 11 is 0. The second kappa shape index (κ2) is 102. The molecule has 0 aromatic heterocycles. The molecule has 1 unspecified atom stereocenters. The molecule has 0 bridgehead atoms. The fourth-order valence-corrected chi connectivity index (χ4v) is 8.97. The highest BCUT2D eigenvalue weighted by Gasteiger charge is 2.20. The van der Waals surface area contributed by atoms with E-state index in [2.05, 4.69) is 96.9 Å². The fourth-order valence-electron chi connectivity index (χ4n) is 8.97. The maximum atomic E-state index is 11.3. The Balaban J connectivity index is -0.000000120. The molecule has 0 aliphatic carbocycles. The number of Topliss-reactive ketones (excluding diaryl/α,β-unsaturated/α-hetero) is 6. The third-order valence-corrected chi connectivity index (χ3v) is 18.9. The lowest BCUT2D eigenvalue weighted by atomic mass is 9.83. The first kappa shape index (κ1) is 147. The summed E-state index contributed by atoms with van der Waals surface area (Å²) < 4.78 is 81.8. The van der Waals surface area contributed by atoms with E-state index in [-0.39, 0.29) is 185 Å². The molecular formula is C102H216O22. The number of hydrogen-bond acceptors (Lipinski definition) is 22. The monoisotopic (exact) mass is 1790 g/mol. The van der Waals surface area contributed by atoms with Crippen LogP contribution in [0.25, 0.3) is 0 Å². The second-order valence-electron chi connectivity index (χ2n) is 36.5. The van der Waals surface area contributed by atoms with Gasteiger partial charge in [0, 0.05) is 115 Å². The van der Waals surface area contributed by atoms with Gasteiger partial charge in [-0.05, 0) is 146 Å². The molecule has 0 saturated heterocycles. The van der Waals surface area contributed by atoms with E-state index >= 15 is 0 Å². The summed E-state index contributed by atoms with van der Waals surface area (Å²) in [4.78, 5) is 67.8. The first-order valence-corrected chi connectivity index (χ1v) is 46.1. The number of ether oxygens (including phenoxy) is 15. The maximum absolute atomic E-state index is 11.3. The zero-order chi connectivity index (χ0) is 91.1. The number of rotatable bonds is 75. The smallest absolute Gasteiger partial charge is 0.160 e. The van der Waals surface area contributed by atoms with Crippen LogP contribution in [-0.4, -0.2) is 242 Å². The number of unbranched alkanes of at least 4 members (excludes halogenated alkanes) is 2. The van der Waals surface area contributed by atoms with E-state index in [1.807, 2.05) is 111 Å². The topological polar surface area (TPSA) is 261 Å². The Morgan fingerprint density at radius 2 is 0.435 bits per heavy atom. The van der Waals surface area contributed by atoms with Crippen LogP contribution in [0.4, 0.5) is 0 Å².